The number of rotatable bonds is 6. The molecule has 1 aliphatic carbocycles. The predicted molar refractivity (Wildman–Crippen MR) is 113 cm³/mol. The third-order valence-electron chi connectivity index (χ3n) is 5.64. The molecule has 7 heteroatoms. The maximum absolute atomic E-state index is 12.7. The number of ether oxygens (including phenoxy) is 1. The standard InChI is InChI=1S/C23H28N4O3/c1-15-5-7-16(8-6-15)27-20-13-23(2,3)12-19(18(20)14-24-27)25-21(28)10-9-17-11-22(29-4)26-30-17/h5-8,11,14,19H,9-10,12-13H2,1-4H3,(H,25,28)/t19-/m0/s1. The first-order chi connectivity index (χ1) is 14.3. The second kappa shape index (κ2) is 7.97. The van der Waals surface area contributed by atoms with Crippen LogP contribution in [-0.4, -0.2) is 28.0 Å². The van der Waals surface area contributed by atoms with Crippen LogP contribution in [0.15, 0.2) is 41.1 Å². The molecule has 0 fully saturated rings. The predicted octanol–water partition coefficient (Wildman–Crippen LogP) is 3.94. The fourth-order valence-electron chi connectivity index (χ4n) is 4.09. The van der Waals surface area contributed by atoms with Crippen LogP contribution in [0.25, 0.3) is 5.69 Å². The molecule has 0 saturated heterocycles. The fourth-order valence-corrected chi connectivity index (χ4v) is 4.09. The maximum atomic E-state index is 12.7. The minimum absolute atomic E-state index is 0.0119. The quantitative estimate of drug-likeness (QED) is 0.668. The molecule has 2 aromatic heterocycles. The van der Waals surface area contributed by atoms with E-state index in [0.29, 0.717) is 24.5 Å². The molecule has 7 nitrogen and oxygen atoms in total. The van der Waals surface area contributed by atoms with Crippen molar-refractivity contribution in [3.63, 3.8) is 0 Å². The summed E-state index contributed by atoms with van der Waals surface area (Å²) in [6, 6.07) is 10.0. The molecule has 2 heterocycles. The number of aromatic nitrogens is 3. The molecule has 1 aliphatic rings. The normalized spacial score (nSPS) is 17.4. The highest BCUT2D eigenvalue weighted by Crippen LogP contribution is 2.41. The van der Waals surface area contributed by atoms with E-state index in [1.165, 1.54) is 18.4 Å². The van der Waals surface area contributed by atoms with Crippen molar-refractivity contribution >= 4 is 5.91 Å². The number of hydrogen-bond donors (Lipinski definition) is 1. The zero-order chi connectivity index (χ0) is 21.3. The van der Waals surface area contributed by atoms with Crippen molar-refractivity contribution in [2.24, 2.45) is 5.41 Å². The van der Waals surface area contributed by atoms with Gasteiger partial charge in [0.25, 0.3) is 5.88 Å². The van der Waals surface area contributed by atoms with Gasteiger partial charge in [0.1, 0.15) is 5.76 Å². The van der Waals surface area contributed by atoms with Gasteiger partial charge in [0.15, 0.2) is 0 Å². The summed E-state index contributed by atoms with van der Waals surface area (Å²) in [7, 11) is 1.54. The van der Waals surface area contributed by atoms with E-state index >= 15 is 0 Å². The molecule has 1 atom stereocenters. The number of nitrogens with zero attached hydrogens (tertiary/aromatic N) is 3. The van der Waals surface area contributed by atoms with Gasteiger partial charge in [-0.05, 0) is 42.5 Å². The van der Waals surface area contributed by atoms with Crippen molar-refractivity contribution in [2.75, 3.05) is 7.11 Å². The number of benzene rings is 1. The van der Waals surface area contributed by atoms with E-state index in [4.69, 9.17) is 9.26 Å². The topological polar surface area (TPSA) is 82.2 Å². The van der Waals surface area contributed by atoms with Gasteiger partial charge in [-0.2, -0.15) is 5.10 Å². The SMILES string of the molecule is COc1cc(CCC(=O)N[C@H]2CC(C)(C)Cc3c2cnn3-c2ccc(C)cc2)on1. The molecule has 1 aromatic carbocycles. The Morgan fingerprint density at radius 3 is 2.80 bits per heavy atom. The van der Waals surface area contributed by atoms with Crippen LogP contribution in [0.5, 0.6) is 5.88 Å². The molecular formula is C23H28N4O3. The summed E-state index contributed by atoms with van der Waals surface area (Å²) in [6.45, 7) is 6.55. The Kier molecular flexibility index (Phi) is 5.37. The van der Waals surface area contributed by atoms with Crippen LogP contribution < -0.4 is 10.1 Å². The largest absolute Gasteiger partial charge is 0.479 e. The van der Waals surface area contributed by atoms with Crippen molar-refractivity contribution in [1.29, 1.82) is 0 Å². The monoisotopic (exact) mass is 408 g/mol. The van der Waals surface area contributed by atoms with Gasteiger partial charge in [-0.15, -0.1) is 0 Å². The van der Waals surface area contributed by atoms with Gasteiger partial charge in [-0.25, -0.2) is 4.68 Å². The average molecular weight is 409 g/mol. The van der Waals surface area contributed by atoms with Gasteiger partial charge in [-0.3, -0.25) is 4.79 Å². The highest BCUT2D eigenvalue weighted by atomic mass is 16.5. The number of amides is 1. The molecule has 158 valence electrons. The molecule has 1 N–H and O–H groups in total. The fraction of sp³-hybridized carbons (Fsp3) is 0.435. The number of aryl methyl sites for hydroxylation is 2. The van der Waals surface area contributed by atoms with Crippen molar-refractivity contribution in [3.8, 4) is 11.6 Å². The van der Waals surface area contributed by atoms with Crippen LogP contribution in [0.4, 0.5) is 0 Å². The van der Waals surface area contributed by atoms with Gasteiger partial charge in [0.05, 0.1) is 30.7 Å². The molecule has 4 rings (SSSR count). The van der Waals surface area contributed by atoms with E-state index in [1.54, 1.807) is 6.07 Å². The summed E-state index contributed by atoms with van der Waals surface area (Å²) in [4.78, 5) is 12.7. The zero-order valence-electron chi connectivity index (χ0n) is 17.9. The number of methoxy groups -OCH3 is 1. The Morgan fingerprint density at radius 1 is 1.33 bits per heavy atom. The van der Waals surface area contributed by atoms with Crippen molar-refractivity contribution in [3.05, 3.63) is 59.1 Å². The number of fused-ring (bicyclic) bond motifs is 1. The lowest BCUT2D eigenvalue weighted by Gasteiger charge is -2.36. The highest BCUT2D eigenvalue weighted by Gasteiger charge is 2.36. The van der Waals surface area contributed by atoms with Gasteiger partial charge >= 0.3 is 0 Å². The highest BCUT2D eigenvalue weighted by molar-refractivity contribution is 5.76. The summed E-state index contributed by atoms with van der Waals surface area (Å²) in [6.07, 6.45) is 4.50. The molecule has 3 aromatic rings. The Hall–Kier alpha value is -3.09. The van der Waals surface area contributed by atoms with Crippen LogP contribution in [-0.2, 0) is 17.6 Å². The minimum atomic E-state index is -0.0558. The van der Waals surface area contributed by atoms with Crippen molar-refractivity contribution in [2.45, 2.75) is 52.5 Å². The first-order valence-corrected chi connectivity index (χ1v) is 10.3. The number of nitrogens with one attached hydrogen (secondary N) is 1. The Labute approximate surface area is 176 Å². The second-order valence-electron chi connectivity index (χ2n) is 8.79. The van der Waals surface area contributed by atoms with E-state index < -0.39 is 0 Å². The lowest BCUT2D eigenvalue weighted by molar-refractivity contribution is -0.122. The molecule has 0 radical (unpaired) electrons. The van der Waals surface area contributed by atoms with Crippen LogP contribution in [0.2, 0.25) is 0 Å². The van der Waals surface area contributed by atoms with Gasteiger partial charge in [0, 0.05) is 24.5 Å². The van der Waals surface area contributed by atoms with Gasteiger partial charge in [0.2, 0.25) is 5.91 Å². The number of carbonyl (C=O) groups is 1. The minimum Gasteiger partial charge on any atom is -0.479 e. The molecule has 0 unspecified atom stereocenters. The molecule has 1 amide bonds. The molecular weight excluding hydrogens is 380 g/mol. The lowest BCUT2D eigenvalue weighted by atomic mass is 9.74. The average Bonchev–Trinajstić information content (AvgIpc) is 3.33. The molecule has 0 bridgehead atoms. The smallest absolute Gasteiger partial charge is 0.254 e. The third kappa shape index (κ3) is 4.25. The molecule has 30 heavy (non-hydrogen) atoms. The second-order valence-corrected chi connectivity index (χ2v) is 8.79. The van der Waals surface area contributed by atoms with E-state index in [2.05, 4.69) is 60.6 Å². The van der Waals surface area contributed by atoms with Gasteiger partial charge in [-0.1, -0.05) is 31.5 Å². The summed E-state index contributed by atoms with van der Waals surface area (Å²) in [5.41, 5.74) is 4.59. The molecule has 0 aliphatic heterocycles. The van der Waals surface area contributed by atoms with Crippen molar-refractivity contribution < 1.29 is 14.1 Å². The van der Waals surface area contributed by atoms with Gasteiger partial charge < -0.3 is 14.6 Å². The summed E-state index contributed by atoms with van der Waals surface area (Å²) >= 11 is 0. The number of hydrogen-bond acceptors (Lipinski definition) is 5. The van der Waals surface area contributed by atoms with Crippen LogP contribution >= 0.6 is 0 Å². The van der Waals surface area contributed by atoms with E-state index in [-0.39, 0.29) is 17.4 Å². The first-order valence-electron chi connectivity index (χ1n) is 10.3. The lowest BCUT2D eigenvalue weighted by Crippen LogP contribution is -2.36. The van der Waals surface area contributed by atoms with Crippen molar-refractivity contribution in [1.82, 2.24) is 20.3 Å². The molecule has 0 saturated carbocycles. The summed E-state index contributed by atoms with van der Waals surface area (Å²) in [5, 5.41) is 11.6. The van der Waals surface area contributed by atoms with E-state index in [0.717, 1.165) is 24.1 Å². The van der Waals surface area contributed by atoms with Crippen LogP contribution in [0.1, 0.15) is 55.3 Å². The van der Waals surface area contributed by atoms with E-state index in [9.17, 15) is 4.79 Å². The Balaban J connectivity index is 1.50. The van der Waals surface area contributed by atoms with E-state index in [1.807, 2.05) is 10.9 Å². The first kappa shape index (κ1) is 20.2. The number of carbonyl (C=O) groups excluding carboxylic acids is 1. The summed E-state index contributed by atoms with van der Waals surface area (Å²) in [5.74, 6) is 1.05. The summed E-state index contributed by atoms with van der Waals surface area (Å²) < 4.78 is 12.2. The van der Waals surface area contributed by atoms with Crippen LogP contribution in [0.3, 0.4) is 0 Å². The zero-order valence-corrected chi connectivity index (χ0v) is 17.9. The Morgan fingerprint density at radius 2 is 2.10 bits per heavy atom. The van der Waals surface area contributed by atoms with Crippen LogP contribution in [0, 0.1) is 12.3 Å². The third-order valence-corrected chi connectivity index (χ3v) is 5.64. The molecule has 0 spiro atoms. The Bertz CT molecular complexity index is 1030. The maximum Gasteiger partial charge on any atom is 0.254 e.